The molecule has 3 rings (SSSR count). The Labute approximate surface area is 147 Å². The van der Waals surface area contributed by atoms with E-state index in [9.17, 15) is 9.59 Å². The minimum absolute atomic E-state index is 0.0128. The highest BCUT2D eigenvalue weighted by atomic mass is 16.2. The molecule has 1 aliphatic rings. The molecule has 0 aliphatic carbocycles. The van der Waals surface area contributed by atoms with Crippen LogP contribution in [-0.2, 0) is 0 Å². The van der Waals surface area contributed by atoms with Gasteiger partial charge >= 0.3 is 0 Å². The van der Waals surface area contributed by atoms with E-state index in [-0.39, 0.29) is 11.8 Å². The number of rotatable bonds is 3. The molecule has 1 aliphatic heterocycles. The number of benzene rings is 1. The zero-order valence-electron chi connectivity index (χ0n) is 14.6. The summed E-state index contributed by atoms with van der Waals surface area (Å²) in [7, 11) is 3.94. The Morgan fingerprint density at radius 1 is 0.880 bits per heavy atom. The maximum absolute atomic E-state index is 12.6. The van der Waals surface area contributed by atoms with Gasteiger partial charge in [0.1, 0.15) is 0 Å². The molecular formula is C19H22N4O2. The fraction of sp³-hybridized carbons (Fsp3) is 0.316. The van der Waals surface area contributed by atoms with Crippen LogP contribution in [0.2, 0.25) is 0 Å². The maximum atomic E-state index is 12.6. The van der Waals surface area contributed by atoms with Gasteiger partial charge in [-0.15, -0.1) is 0 Å². The number of hydrogen-bond acceptors (Lipinski definition) is 4. The number of nitrogens with zero attached hydrogens (tertiary/aromatic N) is 4. The summed E-state index contributed by atoms with van der Waals surface area (Å²) >= 11 is 0. The van der Waals surface area contributed by atoms with Gasteiger partial charge in [-0.05, 0) is 36.4 Å². The molecule has 2 heterocycles. The van der Waals surface area contributed by atoms with Gasteiger partial charge < -0.3 is 14.7 Å². The van der Waals surface area contributed by atoms with Crippen molar-refractivity contribution in [2.24, 2.45) is 0 Å². The normalized spacial score (nSPS) is 14.3. The van der Waals surface area contributed by atoms with Crippen molar-refractivity contribution in [3.63, 3.8) is 0 Å². The molecule has 2 aromatic rings. The van der Waals surface area contributed by atoms with Gasteiger partial charge in [-0.3, -0.25) is 14.6 Å². The van der Waals surface area contributed by atoms with Crippen molar-refractivity contribution in [3.05, 3.63) is 59.9 Å². The summed E-state index contributed by atoms with van der Waals surface area (Å²) in [4.78, 5) is 34.6. The van der Waals surface area contributed by atoms with E-state index >= 15 is 0 Å². The smallest absolute Gasteiger partial charge is 0.255 e. The highest BCUT2D eigenvalue weighted by Crippen LogP contribution is 2.15. The molecule has 6 nitrogen and oxygen atoms in total. The Morgan fingerprint density at radius 3 is 1.92 bits per heavy atom. The van der Waals surface area contributed by atoms with Gasteiger partial charge in [0.15, 0.2) is 0 Å². The van der Waals surface area contributed by atoms with Crippen LogP contribution in [0.5, 0.6) is 0 Å². The van der Waals surface area contributed by atoms with Gasteiger partial charge in [-0.2, -0.15) is 0 Å². The number of carbonyl (C=O) groups excluding carboxylic acids is 2. The van der Waals surface area contributed by atoms with Gasteiger partial charge in [-0.1, -0.05) is 0 Å². The zero-order chi connectivity index (χ0) is 17.8. The first kappa shape index (κ1) is 17.0. The number of anilines is 1. The molecular weight excluding hydrogens is 316 g/mol. The number of amides is 2. The topological polar surface area (TPSA) is 56.8 Å². The van der Waals surface area contributed by atoms with Crippen molar-refractivity contribution < 1.29 is 9.59 Å². The van der Waals surface area contributed by atoms with Crippen molar-refractivity contribution >= 4 is 17.5 Å². The molecule has 1 aromatic carbocycles. The van der Waals surface area contributed by atoms with Crippen molar-refractivity contribution in [3.8, 4) is 0 Å². The fourth-order valence-electron chi connectivity index (χ4n) is 2.87. The average molecular weight is 338 g/mol. The van der Waals surface area contributed by atoms with Gasteiger partial charge in [0.25, 0.3) is 11.8 Å². The van der Waals surface area contributed by atoms with Crippen LogP contribution in [0, 0.1) is 0 Å². The lowest BCUT2D eigenvalue weighted by atomic mass is 10.1. The molecule has 0 radical (unpaired) electrons. The predicted molar refractivity (Wildman–Crippen MR) is 96.8 cm³/mol. The summed E-state index contributed by atoms with van der Waals surface area (Å²) in [6, 6.07) is 11.1. The van der Waals surface area contributed by atoms with Crippen molar-refractivity contribution in [1.29, 1.82) is 0 Å². The molecule has 0 spiro atoms. The Balaban J connectivity index is 1.60. The largest absolute Gasteiger partial charge is 0.378 e. The molecule has 0 atom stereocenters. The highest BCUT2D eigenvalue weighted by molar-refractivity contribution is 5.96. The Hall–Kier alpha value is -2.89. The van der Waals surface area contributed by atoms with E-state index < -0.39 is 0 Å². The van der Waals surface area contributed by atoms with Crippen LogP contribution in [0.15, 0.2) is 48.8 Å². The standard InChI is InChI=1S/C19H22N4O2/c1-21(2)17-7-5-15(6-8-17)18(24)22-10-12-23(13-11-22)19(25)16-4-3-9-20-14-16/h3-9,14H,10-13H2,1-2H3. The molecule has 0 saturated carbocycles. The number of pyridine rings is 1. The molecule has 6 heteroatoms. The number of hydrogen-bond donors (Lipinski definition) is 0. The molecule has 1 fully saturated rings. The first-order chi connectivity index (χ1) is 12.1. The van der Waals surface area contributed by atoms with Crippen LogP contribution < -0.4 is 4.90 Å². The first-order valence-electron chi connectivity index (χ1n) is 8.32. The monoisotopic (exact) mass is 338 g/mol. The van der Waals surface area contributed by atoms with Crippen molar-refractivity contribution in [1.82, 2.24) is 14.8 Å². The van der Waals surface area contributed by atoms with E-state index in [2.05, 4.69) is 4.98 Å². The van der Waals surface area contributed by atoms with Gasteiger partial charge in [0.2, 0.25) is 0 Å². The number of piperazine rings is 1. The van der Waals surface area contributed by atoms with Crippen molar-refractivity contribution in [2.75, 3.05) is 45.2 Å². The second-order valence-electron chi connectivity index (χ2n) is 6.27. The third kappa shape index (κ3) is 3.79. The fourth-order valence-corrected chi connectivity index (χ4v) is 2.87. The lowest BCUT2D eigenvalue weighted by Crippen LogP contribution is -2.50. The van der Waals surface area contributed by atoms with E-state index in [1.807, 2.05) is 43.3 Å². The molecule has 0 N–H and O–H groups in total. The maximum Gasteiger partial charge on any atom is 0.255 e. The summed E-state index contributed by atoms with van der Waals surface area (Å²) in [5, 5.41) is 0. The molecule has 2 amide bonds. The molecule has 0 bridgehead atoms. The van der Waals surface area contributed by atoms with Gasteiger partial charge in [-0.25, -0.2) is 0 Å². The lowest BCUT2D eigenvalue weighted by Gasteiger charge is -2.34. The van der Waals surface area contributed by atoms with E-state index in [4.69, 9.17) is 0 Å². The Kier molecular flexibility index (Phi) is 4.97. The Morgan fingerprint density at radius 2 is 1.44 bits per heavy atom. The molecule has 1 saturated heterocycles. The number of carbonyl (C=O) groups is 2. The summed E-state index contributed by atoms with van der Waals surface area (Å²) < 4.78 is 0. The summed E-state index contributed by atoms with van der Waals surface area (Å²) in [6.45, 7) is 2.16. The third-order valence-corrected chi connectivity index (χ3v) is 4.39. The van der Waals surface area contributed by atoms with Crippen LogP contribution in [0.4, 0.5) is 5.69 Å². The van der Waals surface area contributed by atoms with E-state index in [0.29, 0.717) is 37.3 Å². The summed E-state index contributed by atoms with van der Waals surface area (Å²) in [5.41, 5.74) is 2.32. The predicted octanol–water partition coefficient (Wildman–Crippen LogP) is 1.75. The molecule has 130 valence electrons. The first-order valence-corrected chi connectivity index (χ1v) is 8.32. The van der Waals surface area contributed by atoms with Crippen LogP contribution in [-0.4, -0.2) is 66.9 Å². The van der Waals surface area contributed by atoms with E-state index in [0.717, 1.165) is 5.69 Å². The molecule has 0 unspecified atom stereocenters. The van der Waals surface area contributed by atoms with Gasteiger partial charge in [0, 0.05) is 63.9 Å². The SMILES string of the molecule is CN(C)c1ccc(C(=O)N2CCN(C(=O)c3cccnc3)CC2)cc1. The van der Waals surface area contributed by atoms with Crippen LogP contribution in [0.25, 0.3) is 0 Å². The minimum atomic E-state index is -0.0319. The van der Waals surface area contributed by atoms with Crippen molar-refractivity contribution in [2.45, 2.75) is 0 Å². The average Bonchev–Trinajstić information content (AvgIpc) is 2.67. The quantitative estimate of drug-likeness (QED) is 0.855. The lowest BCUT2D eigenvalue weighted by molar-refractivity contribution is 0.0535. The van der Waals surface area contributed by atoms with E-state index in [1.165, 1.54) is 0 Å². The van der Waals surface area contributed by atoms with Crippen LogP contribution in [0.1, 0.15) is 20.7 Å². The third-order valence-electron chi connectivity index (χ3n) is 4.39. The zero-order valence-corrected chi connectivity index (χ0v) is 14.6. The van der Waals surface area contributed by atoms with Crippen LogP contribution in [0.3, 0.4) is 0 Å². The highest BCUT2D eigenvalue weighted by Gasteiger charge is 2.25. The van der Waals surface area contributed by atoms with Gasteiger partial charge in [0.05, 0.1) is 5.56 Å². The Bertz CT molecular complexity index is 736. The summed E-state index contributed by atoms with van der Waals surface area (Å²) in [5.74, 6) is -0.0192. The second-order valence-corrected chi connectivity index (χ2v) is 6.27. The van der Waals surface area contributed by atoms with Crippen LogP contribution >= 0.6 is 0 Å². The second kappa shape index (κ2) is 7.34. The number of aromatic nitrogens is 1. The summed E-state index contributed by atoms with van der Waals surface area (Å²) in [6.07, 6.45) is 3.22. The molecule has 1 aromatic heterocycles. The minimum Gasteiger partial charge on any atom is -0.378 e. The van der Waals surface area contributed by atoms with E-state index in [1.54, 1.807) is 34.3 Å². The molecule has 25 heavy (non-hydrogen) atoms.